The summed E-state index contributed by atoms with van der Waals surface area (Å²) in [5.41, 5.74) is 2.19. The summed E-state index contributed by atoms with van der Waals surface area (Å²) in [5, 5.41) is 7.58. The number of thioether (sulfide) groups is 1. The van der Waals surface area contributed by atoms with Gasteiger partial charge in [-0.25, -0.2) is 4.98 Å². The summed E-state index contributed by atoms with van der Waals surface area (Å²) in [5.74, 6) is 1.12. The molecule has 2 aromatic rings. The van der Waals surface area contributed by atoms with Crippen LogP contribution < -0.4 is 0 Å². The number of carbonyl (C=O) groups excluding carboxylic acids is 1. The number of nitrogens with zero attached hydrogens (tertiary/aromatic N) is 3. The zero-order chi connectivity index (χ0) is 13.8. The quantitative estimate of drug-likeness (QED) is 0.867. The van der Waals surface area contributed by atoms with E-state index in [1.54, 1.807) is 19.0 Å². The van der Waals surface area contributed by atoms with Crippen LogP contribution in [0, 0.1) is 6.92 Å². The molecule has 19 heavy (non-hydrogen) atoms. The minimum Gasteiger partial charge on any atom is -0.348 e. The lowest BCUT2D eigenvalue weighted by molar-refractivity contribution is -0.125. The van der Waals surface area contributed by atoms with E-state index < -0.39 is 0 Å². The second-order valence-electron chi connectivity index (χ2n) is 4.41. The smallest absolute Gasteiger partial charge is 0.232 e. The van der Waals surface area contributed by atoms with E-state index in [9.17, 15) is 4.79 Å². The summed E-state index contributed by atoms with van der Waals surface area (Å²) >= 11 is 1.33. The topological polar surface area (TPSA) is 61.9 Å². The standard InChI is InChI=1S/C13H16N4OS/c1-9-4-6-10(7-5-9)12-14-13(16-15-12)19-8-11(18)17(2)3/h4-7H,8H2,1-3H3,(H,14,15,16). The Bertz CT molecular complexity index is 562. The van der Waals surface area contributed by atoms with E-state index in [0.29, 0.717) is 10.9 Å². The van der Waals surface area contributed by atoms with E-state index in [2.05, 4.69) is 15.2 Å². The number of H-pyrrole nitrogens is 1. The van der Waals surface area contributed by atoms with Gasteiger partial charge >= 0.3 is 0 Å². The van der Waals surface area contributed by atoms with Crippen molar-refractivity contribution in [3.05, 3.63) is 29.8 Å². The molecule has 0 radical (unpaired) electrons. The third-order valence-electron chi connectivity index (χ3n) is 2.61. The van der Waals surface area contributed by atoms with Crippen molar-refractivity contribution >= 4 is 17.7 Å². The Balaban J connectivity index is 2.03. The molecular formula is C13H16N4OS. The summed E-state index contributed by atoms with van der Waals surface area (Å²) in [7, 11) is 3.47. The Hall–Kier alpha value is -1.82. The van der Waals surface area contributed by atoms with Gasteiger partial charge in [0.25, 0.3) is 0 Å². The third-order valence-corrected chi connectivity index (χ3v) is 3.45. The highest BCUT2D eigenvalue weighted by atomic mass is 32.2. The summed E-state index contributed by atoms with van der Waals surface area (Å²) < 4.78 is 0. The Morgan fingerprint density at radius 3 is 2.63 bits per heavy atom. The number of aryl methyl sites for hydroxylation is 1. The van der Waals surface area contributed by atoms with Gasteiger partial charge in [-0.2, -0.15) is 0 Å². The van der Waals surface area contributed by atoms with Gasteiger partial charge in [0, 0.05) is 19.7 Å². The number of amides is 1. The number of carbonyl (C=O) groups is 1. The molecule has 1 heterocycles. The first-order valence-corrected chi connectivity index (χ1v) is 6.87. The van der Waals surface area contributed by atoms with Crippen LogP contribution in [0.5, 0.6) is 0 Å². The fourth-order valence-corrected chi connectivity index (χ4v) is 2.18. The van der Waals surface area contributed by atoms with Gasteiger partial charge in [-0.3, -0.25) is 9.89 Å². The van der Waals surface area contributed by atoms with E-state index >= 15 is 0 Å². The maximum absolute atomic E-state index is 11.5. The molecule has 1 aromatic carbocycles. The van der Waals surface area contributed by atoms with Gasteiger partial charge in [0.1, 0.15) is 0 Å². The Kier molecular flexibility index (Phi) is 4.21. The van der Waals surface area contributed by atoms with Gasteiger partial charge in [-0.1, -0.05) is 41.6 Å². The molecule has 100 valence electrons. The van der Waals surface area contributed by atoms with Crippen LogP contribution in [0.2, 0.25) is 0 Å². The number of benzene rings is 1. The van der Waals surface area contributed by atoms with Crippen molar-refractivity contribution in [3.63, 3.8) is 0 Å². The van der Waals surface area contributed by atoms with E-state index in [1.165, 1.54) is 17.3 Å². The zero-order valence-electron chi connectivity index (χ0n) is 11.2. The molecule has 5 nitrogen and oxygen atoms in total. The van der Waals surface area contributed by atoms with Crippen molar-refractivity contribution in [2.45, 2.75) is 12.1 Å². The molecule has 2 rings (SSSR count). The average Bonchev–Trinajstić information content (AvgIpc) is 2.85. The highest BCUT2D eigenvalue weighted by Gasteiger charge is 2.09. The third kappa shape index (κ3) is 3.57. The normalized spacial score (nSPS) is 10.5. The van der Waals surface area contributed by atoms with Gasteiger partial charge in [0.15, 0.2) is 5.82 Å². The van der Waals surface area contributed by atoms with Crippen molar-refractivity contribution in [3.8, 4) is 11.4 Å². The van der Waals surface area contributed by atoms with Crippen LogP contribution in [0.15, 0.2) is 29.4 Å². The second kappa shape index (κ2) is 5.88. The second-order valence-corrected chi connectivity index (χ2v) is 5.35. The Labute approximate surface area is 116 Å². The molecule has 0 fully saturated rings. The van der Waals surface area contributed by atoms with Gasteiger partial charge in [0.2, 0.25) is 11.1 Å². The van der Waals surface area contributed by atoms with Gasteiger partial charge in [-0.05, 0) is 6.92 Å². The number of aromatic nitrogens is 3. The minimum absolute atomic E-state index is 0.0479. The molecular weight excluding hydrogens is 260 g/mol. The average molecular weight is 276 g/mol. The first-order valence-electron chi connectivity index (χ1n) is 5.88. The Morgan fingerprint density at radius 2 is 2.00 bits per heavy atom. The van der Waals surface area contributed by atoms with Gasteiger partial charge in [0.05, 0.1) is 5.75 Å². The van der Waals surface area contributed by atoms with Crippen LogP contribution in [0.25, 0.3) is 11.4 Å². The monoisotopic (exact) mass is 276 g/mol. The van der Waals surface area contributed by atoms with Crippen molar-refractivity contribution in [2.24, 2.45) is 0 Å². The molecule has 0 aliphatic carbocycles. The highest BCUT2D eigenvalue weighted by molar-refractivity contribution is 7.99. The van der Waals surface area contributed by atoms with Gasteiger partial charge < -0.3 is 4.90 Å². The maximum atomic E-state index is 11.5. The molecule has 0 aliphatic rings. The highest BCUT2D eigenvalue weighted by Crippen LogP contribution is 2.19. The van der Waals surface area contributed by atoms with Crippen LogP contribution in [-0.2, 0) is 4.79 Å². The summed E-state index contributed by atoms with van der Waals surface area (Å²) in [6.45, 7) is 2.04. The predicted molar refractivity (Wildman–Crippen MR) is 76.0 cm³/mol. The Morgan fingerprint density at radius 1 is 1.32 bits per heavy atom. The minimum atomic E-state index is 0.0479. The zero-order valence-corrected chi connectivity index (χ0v) is 12.0. The molecule has 0 spiro atoms. The van der Waals surface area contributed by atoms with Crippen LogP contribution in [0.4, 0.5) is 0 Å². The van der Waals surface area contributed by atoms with E-state index in [1.807, 2.05) is 31.2 Å². The molecule has 1 aromatic heterocycles. The first-order chi connectivity index (χ1) is 9.06. The lowest BCUT2D eigenvalue weighted by Crippen LogP contribution is -2.23. The SMILES string of the molecule is Cc1ccc(-c2nc(SCC(=O)N(C)C)n[nH]2)cc1. The molecule has 0 saturated heterocycles. The van der Waals surface area contributed by atoms with Crippen LogP contribution in [-0.4, -0.2) is 45.8 Å². The summed E-state index contributed by atoms with van der Waals surface area (Å²) in [6, 6.07) is 8.05. The predicted octanol–water partition coefficient (Wildman–Crippen LogP) is 1.96. The van der Waals surface area contributed by atoms with Crippen molar-refractivity contribution in [1.29, 1.82) is 0 Å². The van der Waals surface area contributed by atoms with Crippen molar-refractivity contribution < 1.29 is 4.79 Å². The maximum Gasteiger partial charge on any atom is 0.232 e. The molecule has 1 N–H and O–H groups in total. The van der Waals surface area contributed by atoms with E-state index in [4.69, 9.17) is 0 Å². The molecule has 0 atom stereocenters. The lowest BCUT2D eigenvalue weighted by atomic mass is 10.1. The lowest BCUT2D eigenvalue weighted by Gasteiger charge is -2.07. The molecule has 6 heteroatoms. The van der Waals surface area contributed by atoms with Crippen LogP contribution in [0.1, 0.15) is 5.56 Å². The summed E-state index contributed by atoms with van der Waals surface area (Å²) in [4.78, 5) is 17.4. The first kappa shape index (κ1) is 13.6. The number of hydrogen-bond donors (Lipinski definition) is 1. The van der Waals surface area contributed by atoms with Gasteiger partial charge in [-0.15, -0.1) is 5.10 Å². The molecule has 0 aliphatic heterocycles. The molecule has 0 bridgehead atoms. The fourth-order valence-electron chi connectivity index (χ4n) is 1.41. The van der Waals surface area contributed by atoms with E-state index in [-0.39, 0.29) is 5.91 Å². The van der Waals surface area contributed by atoms with E-state index in [0.717, 1.165) is 11.4 Å². The van der Waals surface area contributed by atoms with Crippen molar-refractivity contribution in [1.82, 2.24) is 20.1 Å². The molecule has 0 unspecified atom stereocenters. The number of rotatable bonds is 4. The molecule has 0 saturated carbocycles. The van der Waals surface area contributed by atoms with Crippen LogP contribution >= 0.6 is 11.8 Å². The van der Waals surface area contributed by atoms with Crippen LogP contribution in [0.3, 0.4) is 0 Å². The fraction of sp³-hybridized carbons (Fsp3) is 0.308. The molecule has 1 amide bonds. The number of nitrogens with one attached hydrogen (secondary N) is 1. The number of aromatic amines is 1. The van der Waals surface area contributed by atoms with Crippen molar-refractivity contribution in [2.75, 3.05) is 19.8 Å². The largest absolute Gasteiger partial charge is 0.348 e. The summed E-state index contributed by atoms with van der Waals surface area (Å²) in [6.07, 6.45) is 0. The number of hydrogen-bond acceptors (Lipinski definition) is 4.